The Hall–Kier alpha value is -2.82. The van der Waals surface area contributed by atoms with E-state index in [4.69, 9.17) is 4.74 Å². The first kappa shape index (κ1) is 19.9. The molecule has 148 valence electrons. The highest BCUT2D eigenvalue weighted by Crippen LogP contribution is 2.31. The second-order valence-electron chi connectivity index (χ2n) is 7.37. The van der Waals surface area contributed by atoms with Gasteiger partial charge in [-0.2, -0.15) is 0 Å². The molecule has 2 amide bonds. The lowest BCUT2D eigenvalue weighted by molar-refractivity contribution is -0.133. The van der Waals surface area contributed by atoms with Crippen LogP contribution in [0.15, 0.2) is 48.5 Å². The molecule has 5 heteroatoms. The van der Waals surface area contributed by atoms with Gasteiger partial charge in [-0.1, -0.05) is 37.3 Å². The van der Waals surface area contributed by atoms with Gasteiger partial charge in [0.15, 0.2) is 0 Å². The van der Waals surface area contributed by atoms with Crippen molar-refractivity contribution < 1.29 is 14.3 Å². The summed E-state index contributed by atoms with van der Waals surface area (Å²) >= 11 is 0. The predicted octanol–water partition coefficient (Wildman–Crippen LogP) is 3.85. The van der Waals surface area contributed by atoms with Gasteiger partial charge in [-0.15, -0.1) is 0 Å². The molecule has 3 rings (SSSR count). The molecule has 1 aliphatic heterocycles. The average molecular weight is 380 g/mol. The fourth-order valence-electron chi connectivity index (χ4n) is 3.76. The van der Waals surface area contributed by atoms with Crippen LogP contribution in [0.25, 0.3) is 0 Å². The topological polar surface area (TPSA) is 58.6 Å². The maximum atomic E-state index is 12.9. The molecule has 0 bridgehead atoms. The monoisotopic (exact) mass is 380 g/mol. The van der Waals surface area contributed by atoms with Gasteiger partial charge in [0.05, 0.1) is 13.0 Å². The highest BCUT2D eigenvalue weighted by molar-refractivity contribution is 5.93. The van der Waals surface area contributed by atoms with E-state index >= 15 is 0 Å². The Morgan fingerprint density at radius 3 is 2.54 bits per heavy atom. The van der Waals surface area contributed by atoms with E-state index in [2.05, 4.69) is 36.5 Å². The summed E-state index contributed by atoms with van der Waals surface area (Å²) in [4.78, 5) is 26.8. The normalized spacial score (nSPS) is 19.2. The van der Waals surface area contributed by atoms with Crippen LogP contribution < -0.4 is 10.1 Å². The van der Waals surface area contributed by atoms with Crippen LogP contribution in [0.3, 0.4) is 0 Å². The minimum atomic E-state index is -0.250. The minimum Gasteiger partial charge on any atom is -0.497 e. The second kappa shape index (κ2) is 8.91. The lowest BCUT2D eigenvalue weighted by atomic mass is 9.83. The number of rotatable bonds is 5. The van der Waals surface area contributed by atoms with Gasteiger partial charge in [-0.3, -0.25) is 9.59 Å². The van der Waals surface area contributed by atoms with Crippen molar-refractivity contribution >= 4 is 17.5 Å². The van der Waals surface area contributed by atoms with Gasteiger partial charge >= 0.3 is 0 Å². The molecular weight excluding hydrogens is 352 g/mol. The van der Waals surface area contributed by atoms with Gasteiger partial charge in [-0.05, 0) is 36.1 Å². The Kier molecular flexibility index (Phi) is 6.34. The smallest absolute Gasteiger partial charge is 0.229 e. The molecule has 2 aromatic carbocycles. The Labute approximate surface area is 166 Å². The second-order valence-corrected chi connectivity index (χ2v) is 7.37. The van der Waals surface area contributed by atoms with E-state index in [9.17, 15) is 9.59 Å². The van der Waals surface area contributed by atoms with Crippen molar-refractivity contribution in [3.63, 3.8) is 0 Å². The van der Waals surface area contributed by atoms with Crippen molar-refractivity contribution in [2.45, 2.75) is 32.6 Å². The van der Waals surface area contributed by atoms with Gasteiger partial charge in [-0.25, -0.2) is 0 Å². The maximum Gasteiger partial charge on any atom is 0.229 e. The van der Waals surface area contributed by atoms with Crippen LogP contribution in [0, 0.1) is 5.92 Å². The van der Waals surface area contributed by atoms with E-state index in [0.717, 1.165) is 12.8 Å². The first-order valence-electron chi connectivity index (χ1n) is 9.79. The first-order valence-corrected chi connectivity index (χ1v) is 9.79. The Bertz CT molecular complexity index is 832. The summed E-state index contributed by atoms with van der Waals surface area (Å²) in [5.41, 5.74) is 3.17. The van der Waals surface area contributed by atoms with Crippen molar-refractivity contribution in [2.24, 2.45) is 5.92 Å². The van der Waals surface area contributed by atoms with Crippen LogP contribution in [-0.2, 0) is 16.0 Å². The number of carbonyl (C=O) groups excluding carboxylic acids is 2. The van der Waals surface area contributed by atoms with E-state index in [1.165, 1.54) is 11.1 Å². The molecule has 2 unspecified atom stereocenters. The Morgan fingerprint density at radius 1 is 1.14 bits per heavy atom. The zero-order valence-electron chi connectivity index (χ0n) is 16.8. The highest BCUT2D eigenvalue weighted by Gasteiger charge is 2.33. The van der Waals surface area contributed by atoms with Crippen molar-refractivity contribution in [3.8, 4) is 5.75 Å². The fraction of sp³-hybridized carbons (Fsp3) is 0.391. The van der Waals surface area contributed by atoms with Gasteiger partial charge in [0.25, 0.3) is 0 Å². The number of methoxy groups -OCH3 is 1. The lowest BCUT2D eigenvalue weighted by Gasteiger charge is -2.37. The zero-order chi connectivity index (χ0) is 20.1. The van der Waals surface area contributed by atoms with Crippen LogP contribution in [0.2, 0.25) is 0 Å². The number of likely N-dealkylation sites (tertiary alicyclic amines) is 1. The van der Waals surface area contributed by atoms with Crippen LogP contribution in [0.1, 0.15) is 37.3 Å². The summed E-state index contributed by atoms with van der Waals surface area (Å²) < 4.78 is 5.22. The molecule has 0 radical (unpaired) electrons. The molecule has 2 atom stereocenters. The minimum absolute atomic E-state index is 0.00839. The number of hydrogen-bond donors (Lipinski definition) is 1. The summed E-state index contributed by atoms with van der Waals surface area (Å²) in [6.07, 6.45) is 1.72. The molecule has 1 fully saturated rings. The van der Waals surface area contributed by atoms with Gasteiger partial charge in [0.1, 0.15) is 5.75 Å². The van der Waals surface area contributed by atoms with Crippen LogP contribution in [-0.4, -0.2) is 36.9 Å². The number of benzene rings is 2. The summed E-state index contributed by atoms with van der Waals surface area (Å²) in [6.45, 7) is 4.81. The molecule has 1 aliphatic rings. The zero-order valence-corrected chi connectivity index (χ0v) is 16.8. The van der Waals surface area contributed by atoms with Crippen molar-refractivity contribution in [1.29, 1.82) is 0 Å². The Morgan fingerprint density at radius 2 is 1.89 bits per heavy atom. The third kappa shape index (κ3) is 4.71. The van der Waals surface area contributed by atoms with Crippen molar-refractivity contribution in [1.82, 2.24) is 4.90 Å². The molecule has 5 nitrogen and oxygen atoms in total. The molecular formula is C23H28N2O3. The van der Waals surface area contributed by atoms with Crippen molar-refractivity contribution in [3.05, 3.63) is 59.7 Å². The predicted molar refractivity (Wildman–Crippen MR) is 111 cm³/mol. The molecule has 1 saturated heterocycles. The standard InChI is InChI=1S/C23H28N2O3/c1-4-17-8-10-18(11-9-17)19-12-20(15-25(14-19)16(2)26)23(27)24-21-6-5-7-22(13-21)28-3/h5-11,13,19-20H,4,12,14-15H2,1-3H3,(H,24,27). The number of carbonyl (C=O) groups is 2. The number of anilines is 1. The van der Waals surface area contributed by atoms with Crippen LogP contribution in [0.4, 0.5) is 5.69 Å². The summed E-state index contributed by atoms with van der Waals surface area (Å²) in [6, 6.07) is 15.8. The molecule has 1 heterocycles. The highest BCUT2D eigenvalue weighted by atomic mass is 16.5. The van der Waals surface area contributed by atoms with Gasteiger partial charge in [0, 0.05) is 37.7 Å². The van der Waals surface area contributed by atoms with Crippen molar-refractivity contribution in [2.75, 3.05) is 25.5 Å². The summed E-state index contributed by atoms with van der Waals surface area (Å²) in [5.74, 6) is 0.549. The number of nitrogens with one attached hydrogen (secondary N) is 1. The SMILES string of the molecule is CCc1ccc(C2CC(C(=O)Nc3cccc(OC)c3)CN(C(C)=O)C2)cc1. The number of ether oxygens (including phenoxy) is 1. The summed E-state index contributed by atoms with van der Waals surface area (Å²) in [5, 5.41) is 2.98. The van der Waals surface area contributed by atoms with E-state index in [-0.39, 0.29) is 23.7 Å². The quantitative estimate of drug-likeness (QED) is 0.857. The molecule has 0 saturated carbocycles. The Balaban J connectivity index is 1.76. The molecule has 2 aromatic rings. The first-order chi connectivity index (χ1) is 13.5. The third-order valence-electron chi connectivity index (χ3n) is 5.46. The fourth-order valence-corrected chi connectivity index (χ4v) is 3.76. The number of amides is 2. The van der Waals surface area contributed by atoms with Crippen LogP contribution >= 0.6 is 0 Å². The number of aryl methyl sites for hydroxylation is 1. The maximum absolute atomic E-state index is 12.9. The molecule has 0 aromatic heterocycles. The number of hydrogen-bond acceptors (Lipinski definition) is 3. The molecule has 0 aliphatic carbocycles. The van der Waals surface area contributed by atoms with Gasteiger partial charge < -0.3 is 15.0 Å². The average Bonchev–Trinajstić information content (AvgIpc) is 2.73. The third-order valence-corrected chi connectivity index (χ3v) is 5.46. The van der Waals surface area contributed by atoms with E-state index in [1.54, 1.807) is 25.0 Å². The van der Waals surface area contributed by atoms with E-state index in [0.29, 0.717) is 24.5 Å². The summed E-state index contributed by atoms with van der Waals surface area (Å²) in [7, 11) is 1.60. The van der Waals surface area contributed by atoms with Gasteiger partial charge in [0.2, 0.25) is 11.8 Å². The molecule has 1 N–H and O–H groups in total. The van der Waals surface area contributed by atoms with E-state index < -0.39 is 0 Å². The largest absolute Gasteiger partial charge is 0.497 e. The number of nitrogens with zero attached hydrogens (tertiary/aromatic N) is 1. The van der Waals surface area contributed by atoms with E-state index in [1.807, 2.05) is 18.2 Å². The van der Waals surface area contributed by atoms with Crippen LogP contribution in [0.5, 0.6) is 5.75 Å². The molecule has 28 heavy (non-hydrogen) atoms. The number of piperidine rings is 1. The molecule has 0 spiro atoms. The lowest BCUT2D eigenvalue weighted by Crippen LogP contribution is -2.45.